The second-order valence-electron chi connectivity index (χ2n) is 4.51. The van der Waals surface area contributed by atoms with Crippen molar-refractivity contribution in [2.75, 3.05) is 52.3 Å². The highest BCUT2D eigenvalue weighted by molar-refractivity contribution is 5.94. The molecule has 5 heteroatoms. The van der Waals surface area contributed by atoms with Gasteiger partial charge in [-0.1, -0.05) is 0 Å². The molecule has 19 heavy (non-hydrogen) atoms. The SMILES string of the molecule is COCCN(CCN)C(=O)c1ccc(N(C)C)cc1. The Morgan fingerprint density at radius 3 is 2.32 bits per heavy atom. The minimum atomic E-state index is -0.00666. The van der Waals surface area contributed by atoms with Crippen molar-refractivity contribution in [3.63, 3.8) is 0 Å². The Balaban J connectivity index is 2.77. The van der Waals surface area contributed by atoms with Crippen LogP contribution in [0.5, 0.6) is 0 Å². The van der Waals surface area contributed by atoms with E-state index in [9.17, 15) is 4.79 Å². The van der Waals surface area contributed by atoms with Crippen molar-refractivity contribution in [2.24, 2.45) is 5.73 Å². The maximum Gasteiger partial charge on any atom is 0.253 e. The van der Waals surface area contributed by atoms with E-state index in [1.54, 1.807) is 12.0 Å². The minimum Gasteiger partial charge on any atom is -0.383 e. The summed E-state index contributed by atoms with van der Waals surface area (Å²) < 4.78 is 5.01. The van der Waals surface area contributed by atoms with Crippen molar-refractivity contribution >= 4 is 11.6 Å². The van der Waals surface area contributed by atoms with Crippen LogP contribution < -0.4 is 10.6 Å². The molecular weight excluding hydrogens is 242 g/mol. The Kier molecular flexibility index (Phi) is 6.32. The molecule has 0 heterocycles. The Morgan fingerprint density at radius 1 is 1.21 bits per heavy atom. The standard InChI is InChI=1S/C14H23N3O2/c1-16(2)13-6-4-12(5-7-13)14(18)17(9-8-15)10-11-19-3/h4-7H,8-11,15H2,1-3H3. The first-order valence-electron chi connectivity index (χ1n) is 6.35. The van der Waals surface area contributed by atoms with Gasteiger partial charge >= 0.3 is 0 Å². The molecule has 0 aliphatic heterocycles. The van der Waals surface area contributed by atoms with E-state index < -0.39 is 0 Å². The molecule has 0 aromatic heterocycles. The maximum atomic E-state index is 12.3. The quantitative estimate of drug-likeness (QED) is 0.792. The van der Waals surface area contributed by atoms with Gasteiger partial charge in [-0.2, -0.15) is 0 Å². The van der Waals surface area contributed by atoms with Crippen LogP contribution in [0, 0.1) is 0 Å². The maximum absolute atomic E-state index is 12.3. The van der Waals surface area contributed by atoms with E-state index in [2.05, 4.69) is 0 Å². The van der Waals surface area contributed by atoms with Crippen LogP contribution in [0.1, 0.15) is 10.4 Å². The van der Waals surface area contributed by atoms with Gasteiger partial charge in [0.05, 0.1) is 6.61 Å². The second kappa shape index (κ2) is 7.76. The smallest absolute Gasteiger partial charge is 0.253 e. The Hall–Kier alpha value is -1.59. The number of carbonyl (C=O) groups excluding carboxylic acids is 1. The molecule has 0 atom stereocenters. The lowest BCUT2D eigenvalue weighted by molar-refractivity contribution is 0.0701. The zero-order valence-electron chi connectivity index (χ0n) is 11.9. The number of anilines is 1. The van der Waals surface area contributed by atoms with E-state index in [0.29, 0.717) is 31.8 Å². The van der Waals surface area contributed by atoms with E-state index in [4.69, 9.17) is 10.5 Å². The molecule has 0 saturated heterocycles. The van der Waals surface area contributed by atoms with Gasteiger partial charge in [0, 0.05) is 52.1 Å². The Morgan fingerprint density at radius 2 is 1.84 bits per heavy atom. The fourth-order valence-electron chi connectivity index (χ4n) is 1.76. The lowest BCUT2D eigenvalue weighted by Crippen LogP contribution is -2.37. The number of rotatable bonds is 7. The van der Waals surface area contributed by atoms with Crippen LogP contribution in [0.25, 0.3) is 0 Å². The number of hydrogen-bond donors (Lipinski definition) is 1. The Labute approximate surface area is 114 Å². The Bertz CT molecular complexity index is 390. The summed E-state index contributed by atoms with van der Waals surface area (Å²) in [6, 6.07) is 7.55. The summed E-state index contributed by atoms with van der Waals surface area (Å²) in [6.45, 7) is 2.06. The summed E-state index contributed by atoms with van der Waals surface area (Å²) >= 11 is 0. The zero-order chi connectivity index (χ0) is 14.3. The monoisotopic (exact) mass is 265 g/mol. The third-order valence-electron chi connectivity index (χ3n) is 2.88. The van der Waals surface area contributed by atoms with Gasteiger partial charge in [0.25, 0.3) is 5.91 Å². The first-order chi connectivity index (χ1) is 9.10. The number of ether oxygens (including phenoxy) is 1. The lowest BCUT2D eigenvalue weighted by Gasteiger charge is -2.22. The first kappa shape index (κ1) is 15.5. The normalized spacial score (nSPS) is 10.3. The van der Waals surface area contributed by atoms with Crippen LogP contribution in [-0.2, 0) is 4.74 Å². The zero-order valence-corrected chi connectivity index (χ0v) is 11.9. The summed E-state index contributed by atoms with van der Waals surface area (Å²) in [5.41, 5.74) is 7.28. The molecule has 0 radical (unpaired) electrons. The number of hydrogen-bond acceptors (Lipinski definition) is 4. The highest BCUT2D eigenvalue weighted by atomic mass is 16.5. The molecule has 0 bridgehead atoms. The van der Waals surface area contributed by atoms with Crippen molar-refractivity contribution in [1.82, 2.24) is 4.90 Å². The summed E-state index contributed by atoms with van der Waals surface area (Å²) in [7, 11) is 5.56. The van der Waals surface area contributed by atoms with Gasteiger partial charge < -0.3 is 20.3 Å². The van der Waals surface area contributed by atoms with Crippen molar-refractivity contribution in [1.29, 1.82) is 0 Å². The predicted octanol–water partition coefficient (Wildman–Crippen LogP) is 0.800. The molecular formula is C14H23N3O2. The van der Waals surface area contributed by atoms with Crippen LogP contribution in [0.3, 0.4) is 0 Å². The number of benzene rings is 1. The molecule has 0 aliphatic carbocycles. The molecule has 2 N–H and O–H groups in total. The van der Waals surface area contributed by atoms with E-state index in [1.165, 1.54) is 0 Å². The van der Waals surface area contributed by atoms with Gasteiger partial charge in [0.2, 0.25) is 0 Å². The van der Waals surface area contributed by atoms with Gasteiger partial charge in [0.15, 0.2) is 0 Å². The molecule has 0 saturated carbocycles. The largest absolute Gasteiger partial charge is 0.383 e. The van der Waals surface area contributed by atoms with Crippen molar-refractivity contribution in [2.45, 2.75) is 0 Å². The van der Waals surface area contributed by atoms with Crippen LogP contribution >= 0.6 is 0 Å². The van der Waals surface area contributed by atoms with E-state index in [1.807, 2.05) is 43.3 Å². The predicted molar refractivity (Wildman–Crippen MR) is 77.6 cm³/mol. The molecule has 1 rings (SSSR count). The lowest BCUT2D eigenvalue weighted by atomic mass is 10.1. The molecule has 0 unspecified atom stereocenters. The van der Waals surface area contributed by atoms with Gasteiger partial charge in [-0.05, 0) is 24.3 Å². The van der Waals surface area contributed by atoms with Gasteiger partial charge in [-0.15, -0.1) is 0 Å². The summed E-state index contributed by atoms with van der Waals surface area (Å²) in [5, 5.41) is 0. The van der Waals surface area contributed by atoms with Gasteiger partial charge in [-0.25, -0.2) is 0 Å². The molecule has 0 aliphatic rings. The van der Waals surface area contributed by atoms with E-state index >= 15 is 0 Å². The number of methoxy groups -OCH3 is 1. The van der Waals surface area contributed by atoms with Crippen molar-refractivity contribution in [3.05, 3.63) is 29.8 Å². The molecule has 1 aromatic rings. The highest BCUT2D eigenvalue weighted by Gasteiger charge is 2.14. The third kappa shape index (κ3) is 4.54. The molecule has 5 nitrogen and oxygen atoms in total. The number of nitrogens with two attached hydrogens (primary N) is 1. The average molecular weight is 265 g/mol. The minimum absolute atomic E-state index is 0.00666. The fraction of sp³-hybridized carbons (Fsp3) is 0.500. The molecule has 1 amide bonds. The summed E-state index contributed by atoms with van der Waals surface area (Å²) in [4.78, 5) is 16.0. The van der Waals surface area contributed by atoms with E-state index in [0.717, 1.165) is 5.69 Å². The van der Waals surface area contributed by atoms with Gasteiger partial charge in [-0.3, -0.25) is 4.79 Å². The van der Waals surface area contributed by atoms with E-state index in [-0.39, 0.29) is 5.91 Å². The average Bonchev–Trinajstić information content (AvgIpc) is 2.42. The number of amides is 1. The molecule has 106 valence electrons. The number of carbonyl (C=O) groups is 1. The highest BCUT2D eigenvalue weighted by Crippen LogP contribution is 2.13. The third-order valence-corrected chi connectivity index (χ3v) is 2.88. The van der Waals surface area contributed by atoms with Crippen LogP contribution in [0.4, 0.5) is 5.69 Å². The molecule has 0 spiro atoms. The molecule has 0 fully saturated rings. The topological polar surface area (TPSA) is 58.8 Å². The van der Waals surface area contributed by atoms with Crippen molar-refractivity contribution < 1.29 is 9.53 Å². The second-order valence-corrected chi connectivity index (χ2v) is 4.51. The fourth-order valence-corrected chi connectivity index (χ4v) is 1.76. The summed E-state index contributed by atoms with van der Waals surface area (Å²) in [5.74, 6) is -0.00666. The van der Waals surface area contributed by atoms with Crippen LogP contribution in [-0.4, -0.2) is 58.3 Å². The van der Waals surface area contributed by atoms with Crippen LogP contribution in [0.15, 0.2) is 24.3 Å². The van der Waals surface area contributed by atoms with Crippen molar-refractivity contribution in [3.8, 4) is 0 Å². The molecule has 1 aromatic carbocycles. The number of nitrogens with zero attached hydrogens (tertiary/aromatic N) is 2. The van der Waals surface area contributed by atoms with Crippen LogP contribution in [0.2, 0.25) is 0 Å². The first-order valence-corrected chi connectivity index (χ1v) is 6.35. The summed E-state index contributed by atoms with van der Waals surface area (Å²) in [6.07, 6.45) is 0. The van der Waals surface area contributed by atoms with Gasteiger partial charge in [0.1, 0.15) is 0 Å².